The van der Waals surface area contributed by atoms with E-state index in [9.17, 15) is 13.2 Å². The summed E-state index contributed by atoms with van der Waals surface area (Å²) < 4.78 is 29.8. The van der Waals surface area contributed by atoms with Crippen LogP contribution in [0.25, 0.3) is 0 Å². The van der Waals surface area contributed by atoms with Gasteiger partial charge in [0.1, 0.15) is 10.0 Å². The predicted molar refractivity (Wildman–Crippen MR) is 98.8 cm³/mol. The third kappa shape index (κ3) is 3.37. The first kappa shape index (κ1) is 20.4. The van der Waals surface area contributed by atoms with E-state index in [2.05, 4.69) is 10.2 Å². The van der Waals surface area contributed by atoms with Crippen LogP contribution in [0.15, 0.2) is 11.0 Å². The summed E-state index contributed by atoms with van der Waals surface area (Å²) in [4.78, 5) is 12.8. The lowest BCUT2D eigenvalue weighted by Gasteiger charge is -2.22. The van der Waals surface area contributed by atoms with Gasteiger partial charge >= 0.3 is 0 Å². The highest BCUT2D eigenvalue weighted by Crippen LogP contribution is 2.28. The molecule has 0 saturated carbocycles. The number of aromatic nitrogens is 4. The van der Waals surface area contributed by atoms with Gasteiger partial charge in [0.25, 0.3) is 15.9 Å². The van der Waals surface area contributed by atoms with E-state index in [1.807, 2.05) is 27.7 Å². The van der Waals surface area contributed by atoms with Gasteiger partial charge in [0.15, 0.2) is 5.69 Å². The third-order valence-electron chi connectivity index (χ3n) is 3.90. The number of carbonyl (C=O) groups is 1. The van der Waals surface area contributed by atoms with Crippen molar-refractivity contribution in [2.24, 2.45) is 7.05 Å². The average Bonchev–Trinajstić information content (AvgIpc) is 2.99. The molecule has 0 aliphatic carbocycles. The fraction of sp³-hybridized carbons (Fsp3) is 0.562. The van der Waals surface area contributed by atoms with Gasteiger partial charge in [-0.05, 0) is 47.6 Å². The van der Waals surface area contributed by atoms with Crippen molar-refractivity contribution in [1.82, 2.24) is 23.9 Å². The molecule has 0 saturated heterocycles. The van der Waals surface area contributed by atoms with Crippen molar-refractivity contribution in [3.63, 3.8) is 0 Å². The van der Waals surface area contributed by atoms with Crippen molar-refractivity contribution in [1.29, 1.82) is 0 Å². The first-order valence-corrected chi connectivity index (χ1v) is 9.97. The van der Waals surface area contributed by atoms with Crippen molar-refractivity contribution in [3.8, 4) is 0 Å². The highest BCUT2D eigenvalue weighted by Gasteiger charge is 2.35. The smallest absolute Gasteiger partial charge is 0.266 e. The van der Waals surface area contributed by atoms with Crippen molar-refractivity contribution in [2.45, 2.75) is 52.0 Å². The maximum absolute atomic E-state index is 13.1. The monoisotopic (exact) mass is 401 g/mol. The summed E-state index contributed by atoms with van der Waals surface area (Å²) >= 11 is 6.10. The summed E-state index contributed by atoms with van der Waals surface area (Å²) in [6.07, 6.45) is 0. The maximum Gasteiger partial charge on any atom is 0.288 e. The fourth-order valence-electron chi connectivity index (χ4n) is 2.82. The Morgan fingerprint density at radius 2 is 1.85 bits per heavy atom. The molecule has 2 aromatic heterocycles. The number of carbonyl (C=O) groups excluding carboxylic acids is 1. The zero-order valence-corrected chi connectivity index (χ0v) is 17.6. The molecule has 2 aromatic rings. The van der Waals surface area contributed by atoms with Crippen molar-refractivity contribution < 1.29 is 13.2 Å². The summed E-state index contributed by atoms with van der Waals surface area (Å²) in [5.41, 5.74) is 0.743. The number of rotatable bonds is 4. The first-order chi connectivity index (χ1) is 11.8. The van der Waals surface area contributed by atoms with E-state index in [-0.39, 0.29) is 33.5 Å². The molecule has 0 fully saturated rings. The molecule has 2 rings (SSSR count). The second-order valence-electron chi connectivity index (χ2n) is 7.06. The van der Waals surface area contributed by atoms with Gasteiger partial charge in [0.05, 0.1) is 11.2 Å². The summed E-state index contributed by atoms with van der Waals surface area (Å²) in [6.45, 7) is 10.8. The van der Waals surface area contributed by atoms with Crippen LogP contribution in [0.3, 0.4) is 0 Å². The zero-order chi connectivity index (χ0) is 20.0. The predicted octanol–water partition coefficient (Wildman–Crippen LogP) is 2.49. The molecule has 0 atom stereocenters. The van der Waals surface area contributed by atoms with Crippen molar-refractivity contribution >= 4 is 27.5 Å². The summed E-state index contributed by atoms with van der Waals surface area (Å²) in [7, 11) is -2.62. The van der Waals surface area contributed by atoms with Gasteiger partial charge in [0, 0.05) is 19.3 Å². The highest BCUT2D eigenvalue weighted by atomic mass is 35.5. The van der Waals surface area contributed by atoms with Gasteiger partial charge in [0.2, 0.25) is 0 Å². The second kappa shape index (κ2) is 6.70. The van der Waals surface area contributed by atoms with Gasteiger partial charge < -0.3 is 0 Å². The standard InChI is InChI=1S/C16H24ClN5O3S/c1-8-21(26(24,25)13-11(3)18-20(7)14(13)17)15(23)12-9-10(2)22(19-12)16(4,5)6/h9H,8H2,1-7H3. The number of amides is 1. The molecule has 10 heteroatoms. The lowest BCUT2D eigenvalue weighted by molar-refractivity contribution is 0.0859. The van der Waals surface area contributed by atoms with E-state index in [1.165, 1.54) is 11.6 Å². The average molecular weight is 402 g/mol. The lowest BCUT2D eigenvalue weighted by atomic mass is 10.1. The Hall–Kier alpha value is -1.87. The van der Waals surface area contributed by atoms with Crippen LogP contribution in [0.5, 0.6) is 0 Å². The van der Waals surface area contributed by atoms with Gasteiger partial charge in [-0.15, -0.1) is 0 Å². The number of hydrogen-bond acceptors (Lipinski definition) is 5. The first-order valence-electron chi connectivity index (χ1n) is 8.15. The van der Waals surface area contributed by atoms with Crippen molar-refractivity contribution in [3.05, 3.63) is 28.3 Å². The molecular formula is C16H24ClN5O3S. The van der Waals surface area contributed by atoms with Crippen LogP contribution in [-0.4, -0.2) is 44.7 Å². The Kier molecular flexibility index (Phi) is 5.26. The Morgan fingerprint density at radius 3 is 2.23 bits per heavy atom. The van der Waals surface area contributed by atoms with E-state index in [0.717, 1.165) is 10.00 Å². The largest absolute Gasteiger partial charge is 0.288 e. The Bertz CT molecular complexity index is 953. The molecule has 2 heterocycles. The molecule has 8 nitrogen and oxygen atoms in total. The number of hydrogen-bond donors (Lipinski definition) is 0. The lowest BCUT2D eigenvalue weighted by Crippen LogP contribution is -2.37. The Labute approximate surface area is 158 Å². The normalized spacial score (nSPS) is 12.5. The molecule has 0 spiro atoms. The van der Waals surface area contributed by atoms with Crippen LogP contribution in [0, 0.1) is 13.8 Å². The van der Waals surface area contributed by atoms with Gasteiger partial charge in [-0.1, -0.05) is 11.6 Å². The summed E-state index contributed by atoms with van der Waals surface area (Å²) in [5.74, 6) is -0.696. The fourth-order valence-corrected chi connectivity index (χ4v) is 4.92. The third-order valence-corrected chi connectivity index (χ3v) is 6.46. The molecule has 144 valence electrons. The SMILES string of the molecule is CCN(C(=O)c1cc(C)n(C(C)(C)C)n1)S(=O)(=O)c1c(C)nn(C)c1Cl. The minimum Gasteiger partial charge on any atom is -0.266 e. The molecular weight excluding hydrogens is 378 g/mol. The van der Waals surface area contributed by atoms with Crippen LogP contribution >= 0.6 is 11.6 Å². The number of halogens is 1. The van der Waals surface area contributed by atoms with Crippen LogP contribution in [0.4, 0.5) is 0 Å². The summed E-state index contributed by atoms with van der Waals surface area (Å²) in [6, 6.07) is 1.59. The van der Waals surface area contributed by atoms with Gasteiger partial charge in [-0.3, -0.25) is 14.2 Å². The molecule has 0 N–H and O–H groups in total. The second-order valence-corrected chi connectivity index (χ2v) is 9.21. The minimum atomic E-state index is -4.16. The minimum absolute atomic E-state index is 0.0369. The van der Waals surface area contributed by atoms with Crippen LogP contribution in [0.2, 0.25) is 5.15 Å². The van der Waals surface area contributed by atoms with E-state index in [4.69, 9.17) is 11.6 Å². The molecule has 0 aromatic carbocycles. The molecule has 0 aliphatic rings. The topological polar surface area (TPSA) is 90.1 Å². The van der Waals surface area contributed by atoms with E-state index < -0.39 is 15.9 Å². The molecule has 0 unspecified atom stereocenters. The van der Waals surface area contributed by atoms with Crippen LogP contribution < -0.4 is 0 Å². The molecule has 0 aliphatic heterocycles. The van der Waals surface area contributed by atoms with Gasteiger partial charge in [-0.2, -0.15) is 10.2 Å². The Morgan fingerprint density at radius 1 is 1.27 bits per heavy atom. The molecule has 0 bridgehead atoms. The zero-order valence-electron chi connectivity index (χ0n) is 16.0. The number of nitrogens with zero attached hydrogens (tertiary/aromatic N) is 5. The van der Waals surface area contributed by atoms with Crippen molar-refractivity contribution in [2.75, 3.05) is 6.54 Å². The molecule has 0 radical (unpaired) electrons. The van der Waals surface area contributed by atoms with Crippen LogP contribution in [0.1, 0.15) is 49.6 Å². The number of aryl methyl sites for hydroxylation is 3. The van der Waals surface area contributed by atoms with E-state index in [1.54, 1.807) is 24.7 Å². The van der Waals surface area contributed by atoms with E-state index >= 15 is 0 Å². The Balaban J connectivity index is 2.53. The molecule has 1 amide bonds. The summed E-state index contributed by atoms with van der Waals surface area (Å²) in [5, 5.41) is 8.30. The number of sulfonamides is 1. The quantitative estimate of drug-likeness (QED) is 0.785. The van der Waals surface area contributed by atoms with Gasteiger partial charge in [-0.25, -0.2) is 12.7 Å². The van der Waals surface area contributed by atoms with Crippen LogP contribution in [-0.2, 0) is 22.6 Å². The highest BCUT2D eigenvalue weighted by molar-refractivity contribution is 7.89. The molecule has 26 heavy (non-hydrogen) atoms. The maximum atomic E-state index is 13.1. The van der Waals surface area contributed by atoms with E-state index in [0.29, 0.717) is 0 Å².